The Bertz CT molecular complexity index is 1410. The van der Waals surface area contributed by atoms with Crippen LogP contribution in [0.4, 0.5) is 13.2 Å². The molecule has 1 aromatic heterocycles. The molecule has 0 radical (unpaired) electrons. The van der Waals surface area contributed by atoms with Crippen molar-refractivity contribution < 1.29 is 26.4 Å². The molecule has 0 aliphatic carbocycles. The first-order valence-electron chi connectivity index (χ1n) is 11.4. The molecule has 0 amide bonds. The lowest BCUT2D eigenvalue weighted by Crippen LogP contribution is -2.38. The number of hydrogen-bond acceptors (Lipinski definition) is 4. The fraction of sp³-hybridized carbons (Fsp3) is 0.360. The third-order valence-electron chi connectivity index (χ3n) is 5.66. The van der Waals surface area contributed by atoms with Gasteiger partial charge in [-0.25, -0.2) is 13.1 Å². The number of Topliss-reactive ketones (excluding diaryl/α,β-unsaturated/α-hetero) is 1. The van der Waals surface area contributed by atoms with E-state index >= 15 is 0 Å². The first-order chi connectivity index (χ1) is 16.8. The van der Waals surface area contributed by atoms with Crippen LogP contribution in [-0.2, 0) is 16.2 Å². The van der Waals surface area contributed by atoms with E-state index in [4.69, 9.17) is 0 Å². The minimum absolute atomic E-state index is 0.113. The number of sulfonamides is 1. The minimum Gasteiger partial charge on any atom is -0.294 e. The average molecular weight is 524 g/mol. The average Bonchev–Trinajstić information content (AvgIpc) is 3.16. The summed E-state index contributed by atoms with van der Waals surface area (Å²) in [5, 5.41) is 2.96. The summed E-state index contributed by atoms with van der Waals surface area (Å²) in [6, 6.07) is 10.4. The van der Waals surface area contributed by atoms with E-state index in [2.05, 4.69) is 5.10 Å². The molecule has 0 fully saturated rings. The molecule has 7 nitrogen and oxygen atoms in total. The number of hydrogen-bond donors (Lipinski definition) is 1. The van der Waals surface area contributed by atoms with Gasteiger partial charge in [0.05, 0.1) is 28.4 Å². The van der Waals surface area contributed by atoms with Crippen LogP contribution in [0.1, 0.15) is 60.3 Å². The van der Waals surface area contributed by atoms with E-state index in [-0.39, 0.29) is 18.0 Å². The molecule has 0 unspecified atom stereocenters. The van der Waals surface area contributed by atoms with Crippen molar-refractivity contribution in [1.29, 1.82) is 0 Å². The zero-order valence-electron chi connectivity index (χ0n) is 20.4. The number of halogens is 3. The van der Waals surface area contributed by atoms with Crippen molar-refractivity contribution in [3.63, 3.8) is 0 Å². The Hall–Kier alpha value is -3.18. The lowest BCUT2D eigenvalue weighted by Gasteiger charge is -2.21. The second kappa shape index (κ2) is 10.4. The number of alkyl halides is 3. The van der Waals surface area contributed by atoms with Crippen LogP contribution in [0.3, 0.4) is 0 Å². The van der Waals surface area contributed by atoms with E-state index < -0.39 is 44.5 Å². The first kappa shape index (κ1) is 27.4. The molecule has 0 bridgehead atoms. The van der Waals surface area contributed by atoms with Crippen molar-refractivity contribution in [2.45, 2.75) is 51.1 Å². The standard InChI is InChI=1S/C25H28F3N3O4S/c1-5-13-30(36(34,35)20-8-6-7-18(14-20)25(26,27)28)15-21(32)22-23(16(2)3)29-31(24(22)33)19-11-9-17(4)10-12-19/h6-12,14,16,29H,5,13,15H2,1-4H3. The molecule has 3 aromatic rings. The van der Waals surface area contributed by atoms with Gasteiger partial charge in [-0.3, -0.25) is 14.7 Å². The second-order valence-electron chi connectivity index (χ2n) is 8.82. The summed E-state index contributed by atoms with van der Waals surface area (Å²) in [6.07, 6.45) is -4.42. The molecule has 11 heteroatoms. The van der Waals surface area contributed by atoms with E-state index in [0.29, 0.717) is 23.9 Å². The van der Waals surface area contributed by atoms with E-state index in [1.54, 1.807) is 32.9 Å². The Morgan fingerprint density at radius 1 is 1.11 bits per heavy atom. The molecule has 2 aromatic carbocycles. The highest BCUT2D eigenvalue weighted by Crippen LogP contribution is 2.31. The number of H-pyrrole nitrogens is 1. The quantitative estimate of drug-likeness (QED) is 0.404. The van der Waals surface area contributed by atoms with Crippen LogP contribution in [0, 0.1) is 6.92 Å². The lowest BCUT2D eigenvalue weighted by atomic mass is 10.0. The summed E-state index contributed by atoms with van der Waals surface area (Å²) in [5.41, 5.74) is -0.0766. The van der Waals surface area contributed by atoms with Crippen LogP contribution in [-0.4, -0.2) is 41.4 Å². The van der Waals surface area contributed by atoms with E-state index in [9.17, 15) is 31.2 Å². The summed E-state index contributed by atoms with van der Waals surface area (Å²) >= 11 is 0. The lowest BCUT2D eigenvalue weighted by molar-refractivity contribution is -0.137. The van der Waals surface area contributed by atoms with E-state index in [0.717, 1.165) is 28.1 Å². The maximum atomic E-state index is 13.4. The van der Waals surface area contributed by atoms with Crippen LogP contribution in [0.25, 0.3) is 5.69 Å². The fourth-order valence-electron chi connectivity index (χ4n) is 3.77. The molecule has 0 aliphatic rings. The largest absolute Gasteiger partial charge is 0.416 e. The summed E-state index contributed by atoms with van der Waals surface area (Å²) in [6.45, 7) is 6.34. The Morgan fingerprint density at radius 2 is 1.75 bits per heavy atom. The van der Waals surface area contributed by atoms with Gasteiger partial charge in [0.15, 0.2) is 5.78 Å². The van der Waals surface area contributed by atoms with Crippen LogP contribution in [0.15, 0.2) is 58.2 Å². The molecule has 1 heterocycles. The number of ketones is 1. The zero-order chi connectivity index (χ0) is 26.8. The van der Waals surface area contributed by atoms with Crippen LogP contribution < -0.4 is 5.56 Å². The van der Waals surface area contributed by atoms with Gasteiger partial charge in [-0.2, -0.15) is 17.5 Å². The molecule has 194 valence electrons. The van der Waals surface area contributed by atoms with Crippen molar-refractivity contribution in [1.82, 2.24) is 14.1 Å². The van der Waals surface area contributed by atoms with Crippen LogP contribution >= 0.6 is 0 Å². The third-order valence-corrected chi connectivity index (χ3v) is 7.50. The number of aromatic nitrogens is 2. The summed E-state index contributed by atoms with van der Waals surface area (Å²) in [7, 11) is -4.45. The number of rotatable bonds is 9. The summed E-state index contributed by atoms with van der Waals surface area (Å²) in [5.74, 6) is -1.00. The number of aromatic amines is 1. The number of carbonyl (C=O) groups excluding carboxylic acids is 1. The van der Waals surface area contributed by atoms with Gasteiger partial charge in [0.2, 0.25) is 10.0 Å². The molecule has 0 saturated carbocycles. The molecule has 0 spiro atoms. The monoisotopic (exact) mass is 523 g/mol. The molecule has 0 atom stereocenters. The van der Waals surface area contributed by atoms with E-state index in [1.165, 1.54) is 4.68 Å². The fourth-order valence-corrected chi connectivity index (χ4v) is 5.31. The predicted octanol–water partition coefficient (Wildman–Crippen LogP) is 4.90. The summed E-state index contributed by atoms with van der Waals surface area (Å²) < 4.78 is 68.0. The predicted molar refractivity (Wildman–Crippen MR) is 130 cm³/mol. The maximum Gasteiger partial charge on any atom is 0.416 e. The highest BCUT2D eigenvalue weighted by Gasteiger charge is 2.34. The normalized spacial score (nSPS) is 12.5. The van der Waals surface area contributed by atoms with Crippen LogP contribution in [0.2, 0.25) is 0 Å². The Kier molecular flexibility index (Phi) is 7.94. The van der Waals surface area contributed by atoms with Gasteiger partial charge < -0.3 is 0 Å². The Morgan fingerprint density at radius 3 is 2.31 bits per heavy atom. The van der Waals surface area contributed by atoms with Gasteiger partial charge in [-0.15, -0.1) is 0 Å². The van der Waals surface area contributed by atoms with Crippen molar-refractivity contribution in [2.24, 2.45) is 0 Å². The smallest absolute Gasteiger partial charge is 0.294 e. The highest BCUT2D eigenvalue weighted by atomic mass is 32.2. The van der Waals surface area contributed by atoms with Crippen molar-refractivity contribution in [2.75, 3.05) is 13.1 Å². The van der Waals surface area contributed by atoms with Gasteiger partial charge >= 0.3 is 6.18 Å². The van der Waals surface area contributed by atoms with E-state index in [1.807, 2.05) is 19.1 Å². The molecular formula is C25H28F3N3O4S. The highest BCUT2D eigenvalue weighted by molar-refractivity contribution is 7.89. The number of nitrogens with zero attached hydrogens (tertiary/aromatic N) is 2. The molecular weight excluding hydrogens is 495 g/mol. The molecule has 1 N–H and O–H groups in total. The molecule has 36 heavy (non-hydrogen) atoms. The second-order valence-corrected chi connectivity index (χ2v) is 10.8. The number of aryl methyl sites for hydroxylation is 1. The van der Waals surface area contributed by atoms with Crippen LogP contribution in [0.5, 0.6) is 0 Å². The zero-order valence-corrected chi connectivity index (χ0v) is 21.2. The molecule has 3 rings (SSSR count). The minimum atomic E-state index is -4.73. The van der Waals surface area contributed by atoms with Crippen molar-refractivity contribution in [3.8, 4) is 5.69 Å². The topological polar surface area (TPSA) is 92.2 Å². The van der Waals surface area contributed by atoms with Gasteiger partial charge in [0.25, 0.3) is 5.56 Å². The molecule has 0 saturated heterocycles. The number of nitrogens with one attached hydrogen (secondary N) is 1. The van der Waals surface area contributed by atoms with Crippen molar-refractivity contribution >= 4 is 15.8 Å². The van der Waals surface area contributed by atoms with Gasteiger partial charge in [-0.1, -0.05) is 44.5 Å². The van der Waals surface area contributed by atoms with Gasteiger partial charge in [-0.05, 0) is 49.6 Å². The first-order valence-corrected chi connectivity index (χ1v) is 12.8. The van der Waals surface area contributed by atoms with Gasteiger partial charge in [0.1, 0.15) is 5.56 Å². The Labute approximate surface area is 207 Å². The number of benzene rings is 2. The third kappa shape index (κ3) is 5.62. The number of carbonyl (C=O) groups is 1. The van der Waals surface area contributed by atoms with Gasteiger partial charge in [0, 0.05) is 6.54 Å². The SMILES string of the molecule is CCCN(CC(=O)c1c(C(C)C)[nH]n(-c2ccc(C)cc2)c1=O)S(=O)(=O)c1cccc(C(F)(F)F)c1. The van der Waals surface area contributed by atoms with Crippen molar-refractivity contribution in [3.05, 3.63) is 81.3 Å². The summed E-state index contributed by atoms with van der Waals surface area (Å²) in [4.78, 5) is 26.0. The molecule has 0 aliphatic heterocycles. The maximum absolute atomic E-state index is 13.4. The Balaban J connectivity index is 2.03.